The molecule has 0 amide bonds. The fraction of sp³-hybridized carbons (Fsp3) is 0.529. The van der Waals surface area contributed by atoms with Crippen LogP contribution >= 0.6 is 11.6 Å². The van der Waals surface area contributed by atoms with Gasteiger partial charge >= 0.3 is 0 Å². The van der Waals surface area contributed by atoms with E-state index in [0.717, 1.165) is 18.4 Å². The van der Waals surface area contributed by atoms with E-state index in [2.05, 4.69) is 10.1 Å². The molecule has 0 spiro atoms. The van der Waals surface area contributed by atoms with Crippen molar-refractivity contribution in [2.45, 2.75) is 38.3 Å². The van der Waals surface area contributed by atoms with Gasteiger partial charge in [-0.1, -0.05) is 19.1 Å². The first-order chi connectivity index (χ1) is 11.0. The second-order valence-corrected chi connectivity index (χ2v) is 7.05. The number of hydrogen-bond acceptors (Lipinski definition) is 3. The van der Waals surface area contributed by atoms with Crippen LogP contribution in [-0.2, 0) is 13.0 Å². The highest BCUT2D eigenvalue weighted by molar-refractivity contribution is 6.18. The number of nitrogens with zero attached hydrogens (tertiary/aromatic N) is 3. The van der Waals surface area contributed by atoms with Crippen molar-refractivity contribution in [1.82, 2.24) is 14.8 Å². The van der Waals surface area contributed by atoms with Crippen molar-refractivity contribution in [3.8, 4) is 0 Å². The molecule has 1 aliphatic carbocycles. The van der Waals surface area contributed by atoms with E-state index in [1.54, 1.807) is 23.1 Å². The van der Waals surface area contributed by atoms with Gasteiger partial charge in [0.25, 0.3) is 0 Å². The fourth-order valence-corrected chi connectivity index (χ4v) is 4.05. The summed E-state index contributed by atoms with van der Waals surface area (Å²) in [6, 6.07) is 6.48. The number of alkyl halides is 1. The minimum absolute atomic E-state index is 0.0425. The maximum atomic E-state index is 13.1. The highest BCUT2D eigenvalue weighted by Crippen LogP contribution is 2.52. The Kier molecular flexibility index (Phi) is 4.43. The summed E-state index contributed by atoms with van der Waals surface area (Å²) in [6.45, 7) is 2.39. The normalized spacial score (nSPS) is 30.7. The molecule has 0 bridgehead atoms. The van der Waals surface area contributed by atoms with Gasteiger partial charge in [-0.2, -0.15) is 5.10 Å². The quantitative estimate of drug-likeness (QED) is 0.853. The molecule has 1 aliphatic rings. The molecule has 6 heteroatoms. The molecule has 4 nitrogen and oxygen atoms in total. The van der Waals surface area contributed by atoms with Crippen molar-refractivity contribution in [2.75, 3.05) is 5.88 Å². The van der Waals surface area contributed by atoms with Gasteiger partial charge in [0.2, 0.25) is 0 Å². The first-order valence-corrected chi connectivity index (χ1v) is 8.35. The molecule has 1 saturated carbocycles. The lowest BCUT2D eigenvalue weighted by molar-refractivity contribution is -0.0891. The third-order valence-electron chi connectivity index (χ3n) is 5.33. The smallest absolute Gasteiger partial charge is 0.137 e. The first kappa shape index (κ1) is 16.4. The highest BCUT2D eigenvalue weighted by atomic mass is 35.5. The molecule has 3 atom stereocenters. The van der Waals surface area contributed by atoms with Gasteiger partial charge in [0, 0.05) is 11.3 Å². The Bertz CT molecular complexity index is 648. The van der Waals surface area contributed by atoms with Crippen LogP contribution in [0.5, 0.6) is 0 Å². The minimum Gasteiger partial charge on any atom is -0.387 e. The molecule has 1 N–H and O–H groups in total. The van der Waals surface area contributed by atoms with Gasteiger partial charge in [-0.05, 0) is 42.9 Å². The van der Waals surface area contributed by atoms with Gasteiger partial charge in [0.05, 0.1) is 12.1 Å². The van der Waals surface area contributed by atoms with Gasteiger partial charge in [0.1, 0.15) is 18.5 Å². The van der Waals surface area contributed by atoms with Crippen molar-refractivity contribution in [3.05, 3.63) is 48.3 Å². The van der Waals surface area contributed by atoms with Crippen LogP contribution in [0.3, 0.4) is 0 Å². The van der Waals surface area contributed by atoms with E-state index in [4.69, 9.17) is 11.6 Å². The molecule has 0 unspecified atom stereocenters. The van der Waals surface area contributed by atoms with E-state index in [-0.39, 0.29) is 17.2 Å². The summed E-state index contributed by atoms with van der Waals surface area (Å²) < 4.78 is 14.8. The van der Waals surface area contributed by atoms with Crippen LogP contribution in [0.15, 0.2) is 36.9 Å². The third kappa shape index (κ3) is 3.00. The average molecular weight is 338 g/mol. The van der Waals surface area contributed by atoms with Crippen LogP contribution in [0.2, 0.25) is 0 Å². The van der Waals surface area contributed by atoms with Gasteiger partial charge in [-0.3, -0.25) is 4.68 Å². The Morgan fingerprint density at radius 1 is 1.39 bits per heavy atom. The lowest BCUT2D eigenvalue weighted by atomic mass is 9.72. The second kappa shape index (κ2) is 6.21. The molecule has 124 valence electrons. The summed E-state index contributed by atoms with van der Waals surface area (Å²) >= 11 is 6.21. The molecule has 0 aliphatic heterocycles. The summed E-state index contributed by atoms with van der Waals surface area (Å²) in [5.41, 5.74) is -0.338. The molecule has 23 heavy (non-hydrogen) atoms. The third-order valence-corrected chi connectivity index (χ3v) is 5.91. The lowest BCUT2D eigenvalue weighted by Crippen LogP contribution is -2.51. The van der Waals surface area contributed by atoms with Crippen molar-refractivity contribution in [2.24, 2.45) is 11.3 Å². The van der Waals surface area contributed by atoms with Gasteiger partial charge in [-0.15, -0.1) is 11.6 Å². The molecule has 3 rings (SSSR count). The molecule has 0 saturated heterocycles. The number of rotatable bonds is 5. The standard InChI is InChI=1S/C17H21ClFN3O/c1-16(9-18)7-6-14(8-13-2-4-15(19)5-3-13)17(16,23)10-22-12-20-11-21-22/h2-5,11-12,14,23H,6-10H2,1H3/t14-,16+,17+/m1/s1. The predicted molar refractivity (Wildman–Crippen MR) is 86.6 cm³/mol. The van der Waals surface area contributed by atoms with Crippen molar-refractivity contribution in [3.63, 3.8) is 0 Å². The number of halogens is 2. The first-order valence-electron chi connectivity index (χ1n) is 7.82. The maximum Gasteiger partial charge on any atom is 0.137 e. The zero-order valence-electron chi connectivity index (χ0n) is 13.1. The van der Waals surface area contributed by atoms with Crippen LogP contribution < -0.4 is 0 Å². The van der Waals surface area contributed by atoms with Crippen molar-refractivity contribution in [1.29, 1.82) is 0 Å². The molecule has 1 heterocycles. The highest BCUT2D eigenvalue weighted by Gasteiger charge is 2.56. The summed E-state index contributed by atoms with van der Waals surface area (Å²) in [6.07, 6.45) is 5.50. The Balaban J connectivity index is 1.87. The fourth-order valence-electron chi connectivity index (χ4n) is 3.68. The molecular formula is C17H21ClFN3O. The monoisotopic (exact) mass is 337 g/mol. The number of hydrogen-bond donors (Lipinski definition) is 1. The zero-order valence-corrected chi connectivity index (χ0v) is 13.9. The topological polar surface area (TPSA) is 50.9 Å². The molecular weight excluding hydrogens is 317 g/mol. The maximum absolute atomic E-state index is 13.1. The Labute approximate surface area is 140 Å². The summed E-state index contributed by atoms with van der Waals surface area (Å²) in [7, 11) is 0. The van der Waals surface area contributed by atoms with Crippen LogP contribution in [0.4, 0.5) is 4.39 Å². The lowest BCUT2D eigenvalue weighted by Gasteiger charge is -2.42. The number of benzene rings is 1. The van der Waals surface area contributed by atoms with E-state index in [1.807, 2.05) is 6.92 Å². The van der Waals surface area contributed by atoms with Crippen LogP contribution in [0.25, 0.3) is 0 Å². The van der Waals surface area contributed by atoms with Gasteiger partial charge < -0.3 is 5.11 Å². The van der Waals surface area contributed by atoms with Crippen molar-refractivity contribution < 1.29 is 9.50 Å². The zero-order chi connectivity index (χ0) is 16.5. The number of aromatic nitrogens is 3. The molecule has 1 fully saturated rings. The average Bonchev–Trinajstić information content (AvgIpc) is 3.12. The molecule has 0 radical (unpaired) electrons. The van der Waals surface area contributed by atoms with E-state index in [0.29, 0.717) is 18.8 Å². The molecule has 1 aromatic heterocycles. The van der Waals surface area contributed by atoms with Crippen molar-refractivity contribution >= 4 is 11.6 Å². The molecule has 1 aromatic carbocycles. The van der Waals surface area contributed by atoms with E-state index < -0.39 is 5.60 Å². The Morgan fingerprint density at radius 2 is 2.13 bits per heavy atom. The SMILES string of the molecule is C[C@@]1(CCl)CC[C@H](Cc2ccc(F)cc2)[C@@]1(O)Cn1cncn1. The van der Waals surface area contributed by atoms with Crippen LogP contribution in [0, 0.1) is 17.2 Å². The minimum atomic E-state index is -0.975. The van der Waals surface area contributed by atoms with E-state index in [9.17, 15) is 9.50 Å². The van der Waals surface area contributed by atoms with Gasteiger partial charge in [0.15, 0.2) is 0 Å². The Morgan fingerprint density at radius 3 is 2.74 bits per heavy atom. The van der Waals surface area contributed by atoms with Gasteiger partial charge in [-0.25, -0.2) is 9.37 Å². The van der Waals surface area contributed by atoms with Crippen LogP contribution in [-0.4, -0.2) is 31.4 Å². The second-order valence-electron chi connectivity index (χ2n) is 6.78. The number of aliphatic hydroxyl groups is 1. The predicted octanol–water partition coefficient (Wildman–Crippen LogP) is 3.05. The van der Waals surface area contributed by atoms with Crippen LogP contribution in [0.1, 0.15) is 25.3 Å². The summed E-state index contributed by atoms with van der Waals surface area (Å²) in [5.74, 6) is 0.183. The van der Waals surface area contributed by atoms with E-state index >= 15 is 0 Å². The largest absolute Gasteiger partial charge is 0.387 e. The van der Waals surface area contributed by atoms with E-state index in [1.165, 1.54) is 18.5 Å². The molecule has 2 aromatic rings. The summed E-state index contributed by atoms with van der Waals surface area (Å²) in [5, 5.41) is 15.6. The summed E-state index contributed by atoms with van der Waals surface area (Å²) in [4.78, 5) is 3.95. The Hall–Kier alpha value is -1.46.